The third kappa shape index (κ3) is 5.18. The normalized spacial score (nSPS) is 15.1. The van der Waals surface area contributed by atoms with Crippen LogP contribution in [0.1, 0.15) is 39.3 Å². The SMILES string of the molecule is Cc1cnc2cc(Nc3ncc(Cl)c(NC4CCN(C(=O)OC(C)(C)C)CC4)n3)ncn12. The molecule has 1 fully saturated rings. The molecule has 2 N–H and O–H groups in total. The molecule has 0 spiro atoms. The standard InChI is InChI=1S/C21H27ClN8O2/c1-13-10-23-17-9-16(25-12-30(13)17)27-19-24-11-15(22)18(28-19)26-14-5-7-29(8-6-14)20(31)32-21(2,3)4/h9-12,14H,5-8H2,1-4H3,(H2,24,26,27,28). The highest BCUT2D eigenvalue weighted by atomic mass is 35.5. The minimum absolute atomic E-state index is 0.135. The van der Waals surface area contributed by atoms with Gasteiger partial charge in [0.15, 0.2) is 5.82 Å². The van der Waals surface area contributed by atoms with Gasteiger partial charge in [-0.1, -0.05) is 11.6 Å². The summed E-state index contributed by atoms with van der Waals surface area (Å²) >= 11 is 6.32. The molecule has 10 nitrogen and oxygen atoms in total. The molecule has 4 heterocycles. The first-order chi connectivity index (χ1) is 15.2. The van der Waals surface area contributed by atoms with Crippen molar-refractivity contribution in [2.45, 2.75) is 52.2 Å². The number of aryl methyl sites for hydroxylation is 1. The Morgan fingerprint density at radius 3 is 2.66 bits per heavy atom. The van der Waals surface area contributed by atoms with Gasteiger partial charge in [-0.05, 0) is 40.5 Å². The van der Waals surface area contributed by atoms with Gasteiger partial charge in [-0.25, -0.2) is 19.7 Å². The van der Waals surface area contributed by atoms with E-state index in [4.69, 9.17) is 16.3 Å². The number of halogens is 1. The topological polar surface area (TPSA) is 110 Å². The Morgan fingerprint density at radius 2 is 1.94 bits per heavy atom. The second-order valence-corrected chi connectivity index (χ2v) is 9.21. The second-order valence-electron chi connectivity index (χ2n) is 8.80. The number of amides is 1. The summed E-state index contributed by atoms with van der Waals surface area (Å²) in [6.07, 6.45) is 6.29. The van der Waals surface area contributed by atoms with Crippen LogP contribution in [0.5, 0.6) is 0 Å². The van der Waals surface area contributed by atoms with Gasteiger partial charge in [0.2, 0.25) is 5.95 Å². The molecule has 170 valence electrons. The van der Waals surface area contributed by atoms with Gasteiger partial charge in [-0.15, -0.1) is 0 Å². The first kappa shape index (κ1) is 22.1. The quantitative estimate of drug-likeness (QED) is 0.602. The third-order valence-electron chi connectivity index (χ3n) is 5.06. The second kappa shape index (κ2) is 8.78. The number of fused-ring (bicyclic) bond motifs is 1. The van der Waals surface area contributed by atoms with Crippen LogP contribution in [0.4, 0.5) is 22.4 Å². The van der Waals surface area contributed by atoms with Crippen molar-refractivity contribution in [3.05, 3.63) is 35.5 Å². The van der Waals surface area contributed by atoms with Gasteiger partial charge in [0.25, 0.3) is 0 Å². The predicted octanol–water partition coefficient (Wildman–Crippen LogP) is 4.04. The zero-order chi connectivity index (χ0) is 22.9. The summed E-state index contributed by atoms with van der Waals surface area (Å²) in [7, 11) is 0. The van der Waals surface area contributed by atoms with Gasteiger partial charge < -0.3 is 20.3 Å². The van der Waals surface area contributed by atoms with Crippen molar-refractivity contribution in [1.29, 1.82) is 0 Å². The summed E-state index contributed by atoms with van der Waals surface area (Å²) < 4.78 is 7.35. The zero-order valence-corrected chi connectivity index (χ0v) is 19.3. The molecule has 1 amide bonds. The van der Waals surface area contributed by atoms with Crippen LogP contribution in [0.15, 0.2) is 24.8 Å². The number of carbonyl (C=O) groups excluding carboxylic acids is 1. The molecule has 0 aromatic carbocycles. The van der Waals surface area contributed by atoms with E-state index < -0.39 is 5.60 Å². The number of nitrogens with zero attached hydrogens (tertiary/aromatic N) is 6. The van der Waals surface area contributed by atoms with E-state index in [1.54, 1.807) is 23.6 Å². The summed E-state index contributed by atoms with van der Waals surface area (Å²) in [5.74, 6) is 1.50. The Hall–Kier alpha value is -3.14. The van der Waals surface area contributed by atoms with Gasteiger partial charge in [0.05, 0.1) is 6.20 Å². The maximum atomic E-state index is 12.3. The summed E-state index contributed by atoms with van der Waals surface area (Å²) in [6.45, 7) is 8.78. The number of carbonyl (C=O) groups is 1. The van der Waals surface area contributed by atoms with Gasteiger partial charge in [0.1, 0.15) is 28.4 Å². The molecule has 4 rings (SSSR count). The van der Waals surface area contributed by atoms with E-state index in [1.807, 2.05) is 38.2 Å². The van der Waals surface area contributed by atoms with E-state index >= 15 is 0 Å². The summed E-state index contributed by atoms with van der Waals surface area (Å²) in [6, 6.07) is 1.96. The van der Waals surface area contributed by atoms with Crippen LogP contribution < -0.4 is 10.6 Å². The van der Waals surface area contributed by atoms with Crippen molar-refractivity contribution in [3.8, 4) is 0 Å². The monoisotopic (exact) mass is 458 g/mol. The maximum Gasteiger partial charge on any atom is 0.410 e. The van der Waals surface area contributed by atoms with Gasteiger partial charge >= 0.3 is 6.09 Å². The molecule has 3 aromatic heterocycles. The van der Waals surface area contributed by atoms with E-state index in [-0.39, 0.29) is 12.1 Å². The lowest BCUT2D eigenvalue weighted by molar-refractivity contribution is 0.0210. The minimum atomic E-state index is -0.500. The molecular formula is C21H27ClN8O2. The number of hydrogen-bond donors (Lipinski definition) is 2. The van der Waals surface area contributed by atoms with Crippen molar-refractivity contribution in [1.82, 2.24) is 29.2 Å². The van der Waals surface area contributed by atoms with Crippen LogP contribution >= 0.6 is 11.6 Å². The van der Waals surface area contributed by atoms with Gasteiger partial charge in [-0.3, -0.25) is 4.40 Å². The van der Waals surface area contributed by atoms with Crippen LogP contribution in [0.2, 0.25) is 5.02 Å². The third-order valence-corrected chi connectivity index (χ3v) is 5.34. The van der Waals surface area contributed by atoms with Crippen molar-refractivity contribution < 1.29 is 9.53 Å². The highest BCUT2D eigenvalue weighted by molar-refractivity contribution is 6.32. The lowest BCUT2D eigenvalue weighted by Crippen LogP contribution is -2.44. The molecule has 1 aliphatic rings. The number of piperidine rings is 1. The van der Waals surface area contributed by atoms with Crippen LogP contribution in [0.25, 0.3) is 5.65 Å². The number of nitrogens with one attached hydrogen (secondary N) is 2. The van der Waals surface area contributed by atoms with Gasteiger partial charge in [-0.2, -0.15) is 4.98 Å². The smallest absolute Gasteiger partial charge is 0.410 e. The Morgan fingerprint density at radius 1 is 1.19 bits per heavy atom. The fraction of sp³-hybridized carbons (Fsp3) is 0.476. The number of anilines is 3. The maximum absolute atomic E-state index is 12.3. The number of likely N-dealkylation sites (tertiary alicyclic amines) is 1. The van der Waals surface area contributed by atoms with Crippen molar-refractivity contribution in [2.75, 3.05) is 23.7 Å². The highest BCUT2D eigenvalue weighted by Gasteiger charge is 2.27. The molecule has 0 atom stereocenters. The van der Waals surface area contributed by atoms with Crippen molar-refractivity contribution >= 4 is 40.9 Å². The van der Waals surface area contributed by atoms with Gasteiger partial charge in [0, 0.05) is 37.1 Å². The fourth-order valence-electron chi connectivity index (χ4n) is 3.44. The average Bonchev–Trinajstić information content (AvgIpc) is 3.10. The molecular weight excluding hydrogens is 432 g/mol. The minimum Gasteiger partial charge on any atom is -0.444 e. The molecule has 11 heteroatoms. The molecule has 0 bridgehead atoms. The lowest BCUT2D eigenvalue weighted by Gasteiger charge is -2.34. The Balaban J connectivity index is 1.38. The first-order valence-corrected chi connectivity index (χ1v) is 10.9. The number of ether oxygens (including phenoxy) is 1. The predicted molar refractivity (Wildman–Crippen MR) is 123 cm³/mol. The number of rotatable bonds is 4. The van der Waals surface area contributed by atoms with Crippen LogP contribution in [0.3, 0.4) is 0 Å². The number of aromatic nitrogens is 5. The molecule has 0 aliphatic carbocycles. The van der Waals surface area contributed by atoms with Crippen molar-refractivity contribution in [3.63, 3.8) is 0 Å². The van der Waals surface area contributed by atoms with E-state index in [1.165, 1.54) is 0 Å². The number of imidazole rings is 1. The van der Waals surface area contributed by atoms with Crippen LogP contribution in [-0.4, -0.2) is 60.1 Å². The largest absolute Gasteiger partial charge is 0.444 e. The zero-order valence-electron chi connectivity index (χ0n) is 18.6. The molecule has 1 saturated heterocycles. The Labute approximate surface area is 191 Å². The van der Waals surface area contributed by atoms with Crippen molar-refractivity contribution in [2.24, 2.45) is 0 Å². The first-order valence-electron chi connectivity index (χ1n) is 10.5. The molecule has 0 radical (unpaired) electrons. The van der Waals surface area contributed by atoms with E-state index in [0.717, 1.165) is 24.2 Å². The summed E-state index contributed by atoms with van der Waals surface area (Å²) in [4.78, 5) is 31.5. The highest BCUT2D eigenvalue weighted by Crippen LogP contribution is 2.25. The Bertz CT molecular complexity index is 1120. The molecule has 0 saturated carbocycles. The number of hydrogen-bond acceptors (Lipinski definition) is 8. The molecule has 0 unspecified atom stereocenters. The molecule has 32 heavy (non-hydrogen) atoms. The summed E-state index contributed by atoms with van der Waals surface area (Å²) in [5.41, 5.74) is 1.29. The van der Waals surface area contributed by atoms with E-state index in [9.17, 15) is 4.79 Å². The average molecular weight is 459 g/mol. The summed E-state index contributed by atoms with van der Waals surface area (Å²) in [5, 5.41) is 6.90. The molecule has 3 aromatic rings. The molecule has 1 aliphatic heterocycles. The Kier molecular flexibility index (Phi) is 6.05. The van der Waals surface area contributed by atoms with Crippen LogP contribution in [-0.2, 0) is 4.74 Å². The lowest BCUT2D eigenvalue weighted by atomic mass is 10.1. The van der Waals surface area contributed by atoms with E-state index in [2.05, 4.69) is 30.6 Å². The fourth-order valence-corrected chi connectivity index (χ4v) is 3.58. The van der Waals surface area contributed by atoms with Crippen LogP contribution in [0, 0.1) is 6.92 Å². The van der Waals surface area contributed by atoms with E-state index in [0.29, 0.717) is 35.7 Å².